The Hall–Kier alpha value is -1.78. The SMILES string of the molecule is NCc1ccccc1OCCn1cc(Br)c2ccccc21. The van der Waals surface area contributed by atoms with Gasteiger partial charge in [0.2, 0.25) is 0 Å². The summed E-state index contributed by atoms with van der Waals surface area (Å²) in [5.41, 5.74) is 7.97. The largest absolute Gasteiger partial charge is 0.491 e. The van der Waals surface area contributed by atoms with Crippen molar-refractivity contribution in [2.24, 2.45) is 5.73 Å². The predicted molar refractivity (Wildman–Crippen MR) is 89.5 cm³/mol. The van der Waals surface area contributed by atoms with Crippen LogP contribution in [0.2, 0.25) is 0 Å². The summed E-state index contributed by atoms with van der Waals surface area (Å²) in [5.74, 6) is 0.871. The van der Waals surface area contributed by atoms with Crippen molar-refractivity contribution < 1.29 is 4.74 Å². The number of hydrogen-bond donors (Lipinski definition) is 1. The number of fused-ring (bicyclic) bond motifs is 1. The number of nitrogens with zero attached hydrogens (tertiary/aromatic N) is 1. The summed E-state index contributed by atoms with van der Waals surface area (Å²) in [6.45, 7) is 1.90. The first kappa shape index (κ1) is 14.2. The first-order valence-corrected chi connectivity index (χ1v) is 7.73. The molecular weight excluding hydrogens is 328 g/mol. The molecule has 3 nitrogen and oxygen atoms in total. The molecule has 0 radical (unpaired) electrons. The number of aromatic nitrogens is 1. The first-order chi connectivity index (χ1) is 10.3. The minimum atomic E-state index is 0.494. The molecule has 4 heteroatoms. The number of para-hydroxylation sites is 2. The van der Waals surface area contributed by atoms with Gasteiger partial charge < -0.3 is 15.0 Å². The topological polar surface area (TPSA) is 40.2 Å². The minimum Gasteiger partial charge on any atom is -0.491 e. The molecule has 0 aliphatic carbocycles. The quantitative estimate of drug-likeness (QED) is 0.761. The van der Waals surface area contributed by atoms with E-state index in [4.69, 9.17) is 10.5 Å². The summed E-state index contributed by atoms with van der Waals surface area (Å²) in [7, 11) is 0. The Labute approximate surface area is 132 Å². The van der Waals surface area contributed by atoms with Gasteiger partial charge in [0.1, 0.15) is 12.4 Å². The molecule has 0 saturated heterocycles. The van der Waals surface area contributed by atoms with E-state index in [0.717, 1.165) is 22.3 Å². The van der Waals surface area contributed by atoms with E-state index in [9.17, 15) is 0 Å². The normalized spacial score (nSPS) is 11.0. The van der Waals surface area contributed by atoms with Crippen molar-refractivity contribution >= 4 is 26.8 Å². The van der Waals surface area contributed by atoms with Gasteiger partial charge in [-0.1, -0.05) is 36.4 Å². The summed E-state index contributed by atoms with van der Waals surface area (Å²) in [6, 6.07) is 16.2. The lowest BCUT2D eigenvalue weighted by molar-refractivity contribution is 0.297. The smallest absolute Gasteiger partial charge is 0.123 e. The zero-order chi connectivity index (χ0) is 14.7. The summed E-state index contributed by atoms with van der Waals surface area (Å²) < 4.78 is 9.18. The molecule has 0 aliphatic rings. The molecule has 3 aromatic rings. The van der Waals surface area contributed by atoms with Gasteiger partial charge in [-0.2, -0.15) is 0 Å². The molecule has 0 saturated carbocycles. The molecule has 0 aliphatic heterocycles. The van der Waals surface area contributed by atoms with E-state index in [1.807, 2.05) is 30.3 Å². The molecule has 0 fully saturated rings. The van der Waals surface area contributed by atoms with Gasteiger partial charge in [-0.3, -0.25) is 0 Å². The van der Waals surface area contributed by atoms with Gasteiger partial charge in [0, 0.05) is 33.7 Å². The van der Waals surface area contributed by atoms with E-state index < -0.39 is 0 Å². The van der Waals surface area contributed by atoms with Crippen LogP contribution in [0.1, 0.15) is 5.56 Å². The van der Waals surface area contributed by atoms with Crippen molar-refractivity contribution in [1.29, 1.82) is 0 Å². The predicted octanol–water partition coefficient (Wildman–Crippen LogP) is 3.94. The fraction of sp³-hybridized carbons (Fsp3) is 0.176. The highest BCUT2D eigenvalue weighted by Crippen LogP contribution is 2.26. The Balaban J connectivity index is 1.72. The Morgan fingerprint density at radius 2 is 1.81 bits per heavy atom. The van der Waals surface area contributed by atoms with Crippen LogP contribution in [0.25, 0.3) is 10.9 Å². The fourth-order valence-corrected chi connectivity index (χ4v) is 3.04. The molecule has 0 amide bonds. The molecule has 2 N–H and O–H groups in total. The van der Waals surface area contributed by atoms with Gasteiger partial charge in [-0.05, 0) is 28.1 Å². The second-order valence-electron chi connectivity index (χ2n) is 4.85. The third-order valence-corrected chi connectivity index (χ3v) is 4.15. The lowest BCUT2D eigenvalue weighted by Gasteiger charge is -2.11. The molecule has 0 atom stereocenters. The molecule has 0 bridgehead atoms. The molecule has 108 valence electrons. The molecule has 3 rings (SSSR count). The molecule has 21 heavy (non-hydrogen) atoms. The monoisotopic (exact) mass is 344 g/mol. The van der Waals surface area contributed by atoms with E-state index in [-0.39, 0.29) is 0 Å². The standard InChI is InChI=1S/C17H17BrN2O/c18-15-12-20(16-7-3-2-6-14(15)16)9-10-21-17-8-4-1-5-13(17)11-19/h1-8,12H,9-11,19H2. The van der Waals surface area contributed by atoms with Gasteiger partial charge in [-0.25, -0.2) is 0 Å². The van der Waals surface area contributed by atoms with Gasteiger partial charge in [0.15, 0.2) is 0 Å². The number of hydrogen-bond acceptors (Lipinski definition) is 2. The fourth-order valence-electron chi connectivity index (χ4n) is 2.45. The number of benzene rings is 2. The summed E-state index contributed by atoms with van der Waals surface area (Å²) in [5, 5.41) is 1.22. The second kappa shape index (κ2) is 6.33. The van der Waals surface area contributed by atoms with Crippen molar-refractivity contribution in [2.45, 2.75) is 13.1 Å². The Morgan fingerprint density at radius 1 is 1.05 bits per heavy atom. The zero-order valence-corrected chi connectivity index (χ0v) is 13.2. The van der Waals surface area contributed by atoms with Gasteiger partial charge in [0.25, 0.3) is 0 Å². The highest BCUT2D eigenvalue weighted by molar-refractivity contribution is 9.10. The Kier molecular flexibility index (Phi) is 4.27. The number of ether oxygens (including phenoxy) is 1. The van der Waals surface area contributed by atoms with E-state index >= 15 is 0 Å². The Morgan fingerprint density at radius 3 is 2.67 bits per heavy atom. The van der Waals surface area contributed by atoms with Crippen LogP contribution in [-0.2, 0) is 13.1 Å². The maximum atomic E-state index is 5.87. The van der Waals surface area contributed by atoms with Crippen LogP contribution in [0.3, 0.4) is 0 Å². The third kappa shape index (κ3) is 2.96. The van der Waals surface area contributed by atoms with Crippen LogP contribution in [0.15, 0.2) is 59.2 Å². The van der Waals surface area contributed by atoms with Gasteiger partial charge in [0.05, 0.1) is 6.54 Å². The first-order valence-electron chi connectivity index (χ1n) is 6.93. The average molecular weight is 345 g/mol. The Bertz CT molecular complexity index is 751. The number of rotatable bonds is 5. The van der Waals surface area contributed by atoms with Crippen LogP contribution < -0.4 is 10.5 Å². The highest BCUT2D eigenvalue weighted by Gasteiger charge is 2.06. The zero-order valence-electron chi connectivity index (χ0n) is 11.6. The van der Waals surface area contributed by atoms with Crippen LogP contribution in [-0.4, -0.2) is 11.2 Å². The third-order valence-electron chi connectivity index (χ3n) is 3.52. The van der Waals surface area contributed by atoms with Crippen molar-refractivity contribution in [3.8, 4) is 5.75 Å². The molecule has 0 unspecified atom stereocenters. The van der Waals surface area contributed by atoms with E-state index in [2.05, 4.69) is 44.9 Å². The molecular formula is C17H17BrN2O. The molecule has 2 aromatic carbocycles. The van der Waals surface area contributed by atoms with Crippen molar-refractivity contribution in [3.63, 3.8) is 0 Å². The summed E-state index contributed by atoms with van der Waals surface area (Å²) in [4.78, 5) is 0. The van der Waals surface area contributed by atoms with Crippen LogP contribution in [0.4, 0.5) is 0 Å². The minimum absolute atomic E-state index is 0.494. The van der Waals surface area contributed by atoms with Crippen molar-refractivity contribution in [3.05, 3.63) is 64.8 Å². The summed E-state index contributed by atoms with van der Waals surface area (Å²) in [6.07, 6.45) is 2.10. The van der Waals surface area contributed by atoms with Crippen molar-refractivity contribution in [2.75, 3.05) is 6.61 Å². The van der Waals surface area contributed by atoms with Crippen molar-refractivity contribution in [1.82, 2.24) is 4.57 Å². The number of nitrogens with two attached hydrogens (primary N) is 1. The summed E-state index contributed by atoms with van der Waals surface area (Å²) >= 11 is 3.60. The van der Waals surface area contributed by atoms with Crippen LogP contribution >= 0.6 is 15.9 Å². The van der Waals surface area contributed by atoms with Gasteiger partial charge in [-0.15, -0.1) is 0 Å². The number of halogens is 1. The van der Waals surface area contributed by atoms with E-state index in [1.54, 1.807) is 0 Å². The maximum Gasteiger partial charge on any atom is 0.123 e. The molecule has 1 aromatic heterocycles. The molecule has 1 heterocycles. The average Bonchev–Trinajstić information content (AvgIpc) is 2.85. The second-order valence-corrected chi connectivity index (χ2v) is 5.70. The molecule has 0 spiro atoms. The highest BCUT2D eigenvalue weighted by atomic mass is 79.9. The van der Waals surface area contributed by atoms with E-state index in [1.165, 1.54) is 10.9 Å². The van der Waals surface area contributed by atoms with E-state index in [0.29, 0.717) is 13.2 Å². The van der Waals surface area contributed by atoms with Gasteiger partial charge >= 0.3 is 0 Å². The van der Waals surface area contributed by atoms with Crippen LogP contribution in [0.5, 0.6) is 5.75 Å². The maximum absolute atomic E-state index is 5.87. The lowest BCUT2D eigenvalue weighted by atomic mass is 10.2. The van der Waals surface area contributed by atoms with Crippen LogP contribution in [0, 0.1) is 0 Å². The lowest BCUT2D eigenvalue weighted by Crippen LogP contribution is -2.09.